The van der Waals surface area contributed by atoms with E-state index in [1.165, 1.54) is 12.1 Å². The number of carbonyl (C=O) groups excluding carboxylic acids is 1. The Morgan fingerprint density at radius 1 is 1.11 bits per heavy atom. The first-order valence-corrected chi connectivity index (χ1v) is 9.03. The topological polar surface area (TPSA) is 56.7 Å². The van der Waals surface area contributed by atoms with E-state index >= 15 is 0 Å². The first kappa shape index (κ1) is 24.2. The number of carbonyl (C=O) groups is 1. The summed E-state index contributed by atoms with van der Waals surface area (Å²) in [6, 6.07) is 13.7. The van der Waals surface area contributed by atoms with Crippen molar-refractivity contribution in [1.82, 2.24) is 15.5 Å². The molecule has 2 rings (SSSR count). The van der Waals surface area contributed by atoms with Gasteiger partial charge in [-0.15, -0.1) is 24.0 Å². The first-order chi connectivity index (χ1) is 13.0. The van der Waals surface area contributed by atoms with E-state index in [1.807, 2.05) is 36.2 Å². The van der Waals surface area contributed by atoms with Gasteiger partial charge in [-0.3, -0.25) is 9.79 Å². The molecule has 0 fully saturated rings. The molecule has 0 aliphatic rings. The summed E-state index contributed by atoms with van der Waals surface area (Å²) in [6.07, 6.45) is 0.156. The molecule has 0 radical (unpaired) electrons. The van der Waals surface area contributed by atoms with Gasteiger partial charge in [0.05, 0.1) is 6.42 Å². The van der Waals surface area contributed by atoms with Gasteiger partial charge in [-0.05, 0) is 35.4 Å². The van der Waals surface area contributed by atoms with Crippen molar-refractivity contribution in [3.8, 4) is 0 Å². The number of hydrogen-bond acceptors (Lipinski definition) is 2. The van der Waals surface area contributed by atoms with Crippen molar-refractivity contribution < 1.29 is 9.18 Å². The van der Waals surface area contributed by atoms with Crippen molar-refractivity contribution in [3.05, 3.63) is 70.5 Å². The molecule has 8 heteroatoms. The number of nitrogens with zero attached hydrogens (tertiary/aromatic N) is 2. The number of nitrogens with one attached hydrogen (secondary N) is 2. The van der Waals surface area contributed by atoms with Gasteiger partial charge in [0, 0.05) is 38.8 Å². The van der Waals surface area contributed by atoms with Gasteiger partial charge in [-0.25, -0.2) is 4.39 Å². The summed E-state index contributed by atoms with van der Waals surface area (Å²) < 4.78 is 13.1. The number of halogens is 3. The van der Waals surface area contributed by atoms with Crippen molar-refractivity contribution in [3.63, 3.8) is 0 Å². The van der Waals surface area contributed by atoms with Gasteiger partial charge in [0.15, 0.2) is 5.96 Å². The lowest BCUT2D eigenvalue weighted by molar-refractivity contribution is -0.120. The molecule has 0 heterocycles. The fraction of sp³-hybridized carbons (Fsp3) is 0.300. The van der Waals surface area contributed by atoms with Crippen LogP contribution in [-0.4, -0.2) is 44.0 Å². The minimum absolute atomic E-state index is 0. The summed E-state index contributed by atoms with van der Waals surface area (Å²) in [5.74, 6) is 0.241. The molecule has 0 aliphatic heterocycles. The van der Waals surface area contributed by atoms with Gasteiger partial charge in [-0.1, -0.05) is 35.9 Å². The minimum atomic E-state index is -0.338. The molecule has 2 aromatic carbocycles. The summed E-state index contributed by atoms with van der Waals surface area (Å²) in [5, 5.41) is 6.72. The number of guanidine groups is 1. The molecule has 2 aromatic rings. The standard InChI is InChI=1S/C20H24ClFN4O.HI/c1-23-20(26(2)14-15-6-8-17(21)9-7-15)25-11-10-24-19(27)13-16-4-3-5-18(22)12-16;/h3-9,12H,10-11,13-14H2,1-2H3,(H,23,25)(H,24,27);1H. The Balaban J connectivity index is 0.00000392. The van der Waals surface area contributed by atoms with Gasteiger partial charge in [-0.2, -0.15) is 0 Å². The highest BCUT2D eigenvalue weighted by atomic mass is 127. The van der Waals surface area contributed by atoms with E-state index in [9.17, 15) is 9.18 Å². The Morgan fingerprint density at radius 2 is 1.79 bits per heavy atom. The highest BCUT2D eigenvalue weighted by molar-refractivity contribution is 14.0. The molecule has 0 saturated carbocycles. The van der Waals surface area contributed by atoms with E-state index in [1.54, 1.807) is 19.2 Å². The number of benzene rings is 2. The molecule has 0 aliphatic carbocycles. The molecule has 0 spiro atoms. The fourth-order valence-electron chi connectivity index (χ4n) is 2.59. The van der Waals surface area contributed by atoms with Crippen LogP contribution in [0.1, 0.15) is 11.1 Å². The molecule has 1 amide bonds. The smallest absolute Gasteiger partial charge is 0.224 e. The first-order valence-electron chi connectivity index (χ1n) is 8.65. The summed E-state index contributed by atoms with van der Waals surface area (Å²) in [4.78, 5) is 18.2. The lowest BCUT2D eigenvalue weighted by atomic mass is 10.1. The van der Waals surface area contributed by atoms with Gasteiger partial charge in [0.25, 0.3) is 0 Å². The van der Waals surface area contributed by atoms with Gasteiger partial charge < -0.3 is 15.5 Å². The minimum Gasteiger partial charge on any atom is -0.354 e. The van der Waals surface area contributed by atoms with Crippen LogP contribution in [0.2, 0.25) is 5.02 Å². The average molecular weight is 519 g/mol. The van der Waals surface area contributed by atoms with Gasteiger partial charge in [0.1, 0.15) is 5.82 Å². The predicted octanol–water partition coefficient (Wildman–Crippen LogP) is 3.46. The van der Waals surface area contributed by atoms with Crippen LogP contribution in [0, 0.1) is 5.82 Å². The monoisotopic (exact) mass is 518 g/mol. The zero-order valence-corrected chi connectivity index (χ0v) is 19.0. The third-order valence-corrected chi connectivity index (χ3v) is 4.14. The van der Waals surface area contributed by atoms with E-state index in [2.05, 4.69) is 15.6 Å². The van der Waals surface area contributed by atoms with Crippen molar-refractivity contribution in [2.75, 3.05) is 27.2 Å². The van der Waals surface area contributed by atoms with Gasteiger partial charge in [0.2, 0.25) is 5.91 Å². The average Bonchev–Trinajstić information content (AvgIpc) is 2.63. The lowest BCUT2D eigenvalue weighted by Crippen LogP contribution is -2.42. The molecule has 152 valence electrons. The van der Waals surface area contributed by atoms with Crippen LogP contribution in [0.3, 0.4) is 0 Å². The molecular weight excluding hydrogens is 494 g/mol. The molecule has 5 nitrogen and oxygen atoms in total. The van der Waals surface area contributed by atoms with Crippen molar-refractivity contribution in [1.29, 1.82) is 0 Å². The Labute approximate surface area is 187 Å². The van der Waals surface area contributed by atoms with Crippen molar-refractivity contribution in [2.24, 2.45) is 4.99 Å². The van der Waals surface area contributed by atoms with Crippen LogP contribution < -0.4 is 10.6 Å². The molecule has 0 bridgehead atoms. The molecule has 0 aromatic heterocycles. The Bertz CT molecular complexity index is 786. The van der Waals surface area contributed by atoms with E-state index in [4.69, 9.17) is 11.6 Å². The fourth-order valence-corrected chi connectivity index (χ4v) is 2.72. The second-order valence-corrected chi connectivity index (χ2v) is 6.55. The van der Waals surface area contributed by atoms with E-state index in [0.29, 0.717) is 30.2 Å². The molecule has 0 saturated heterocycles. The number of aliphatic imine (C=N–C) groups is 1. The van der Waals surface area contributed by atoms with Crippen LogP contribution in [0.5, 0.6) is 0 Å². The lowest BCUT2D eigenvalue weighted by Gasteiger charge is -2.22. The van der Waals surface area contributed by atoms with Crippen molar-refractivity contribution in [2.45, 2.75) is 13.0 Å². The highest BCUT2D eigenvalue weighted by Gasteiger charge is 2.07. The van der Waals surface area contributed by atoms with Crippen LogP contribution in [0.25, 0.3) is 0 Å². The molecule has 0 atom stereocenters. The number of hydrogen-bond donors (Lipinski definition) is 2. The summed E-state index contributed by atoms with van der Waals surface area (Å²) in [7, 11) is 3.65. The summed E-state index contributed by atoms with van der Waals surface area (Å²) in [6.45, 7) is 1.66. The Hall–Kier alpha value is -1.87. The second-order valence-electron chi connectivity index (χ2n) is 6.11. The zero-order chi connectivity index (χ0) is 19.6. The predicted molar refractivity (Wildman–Crippen MR) is 123 cm³/mol. The van der Waals surface area contributed by atoms with Crippen LogP contribution in [0.4, 0.5) is 4.39 Å². The number of amides is 1. The van der Waals surface area contributed by atoms with Crippen LogP contribution in [-0.2, 0) is 17.8 Å². The van der Waals surface area contributed by atoms with Gasteiger partial charge >= 0.3 is 0 Å². The molecule has 28 heavy (non-hydrogen) atoms. The quantitative estimate of drug-likeness (QED) is 0.255. The summed E-state index contributed by atoms with van der Waals surface area (Å²) >= 11 is 5.90. The maximum Gasteiger partial charge on any atom is 0.224 e. The van der Waals surface area contributed by atoms with Crippen molar-refractivity contribution >= 4 is 47.4 Å². The Kier molecular flexibility index (Phi) is 10.8. The highest BCUT2D eigenvalue weighted by Crippen LogP contribution is 2.11. The third kappa shape index (κ3) is 8.43. The Morgan fingerprint density at radius 3 is 2.43 bits per heavy atom. The summed E-state index contributed by atoms with van der Waals surface area (Å²) in [5.41, 5.74) is 1.77. The second kappa shape index (κ2) is 12.6. The van der Waals surface area contributed by atoms with Crippen LogP contribution in [0.15, 0.2) is 53.5 Å². The van der Waals surface area contributed by atoms with E-state index in [-0.39, 0.29) is 42.1 Å². The van der Waals surface area contributed by atoms with Crippen LogP contribution >= 0.6 is 35.6 Å². The largest absolute Gasteiger partial charge is 0.354 e. The van der Waals surface area contributed by atoms with E-state index < -0.39 is 0 Å². The maximum absolute atomic E-state index is 13.1. The maximum atomic E-state index is 13.1. The third-order valence-electron chi connectivity index (χ3n) is 3.89. The molecule has 2 N–H and O–H groups in total. The van der Waals surface area contributed by atoms with E-state index in [0.717, 1.165) is 11.5 Å². The number of rotatable bonds is 7. The zero-order valence-electron chi connectivity index (χ0n) is 15.9. The molecule has 0 unspecified atom stereocenters. The molecular formula is C20H25ClFIN4O. The normalized spacial score (nSPS) is 10.8. The SMILES string of the molecule is CN=C(NCCNC(=O)Cc1cccc(F)c1)N(C)Cc1ccc(Cl)cc1.I.